The molecule has 1 aliphatic carbocycles. The summed E-state index contributed by atoms with van der Waals surface area (Å²) in [5, 5.41) is 32.0. The molecule has 1 unspecified atom stereocenters. The largest absolute Gasteiger partial charge is 0.488 e. The van der Waals surface area contributed by atoms with Crippen LogP contribution in [-0.4, -0.2) is 100 Å². The van der Waals surface area contributed by atoms with Gasteiger partial charge in [-0.1, -0.05) is 72.7 Å². The van der Waals surface area contributed by atoms with Gasteiger partial charge in [0.25, 0.3) is 5.91 Å². The van der Waals surface area contributed by atoms with Gasteiger partial charge in [0.15, 0.2) is 5.69 Å². The number of likely N-dealkylation sites (tertiary alicyclic amines) is 1. The number of halogens is 3. The highest BCUT2D eigenvalue weighted by Crippen LogP contribution is 2.55. The SMILES string of the molecule is Cc1ncsc1-c1ccc([C@H](C)NC(=O)[C@@H]2C[C@@H](O)CN2C(=O)C(NC(=O)COCCCCCNc2ccc(C(=O)NC3C(C)(C)C(Oc4cnc(C#N)c(C(F)(F)F)c4)C3(C)C)cc2)C(C)(C)C)cc1. The number of anilines is 1. The minimum absolute atomic E-state index is 0.0344. The Labute approximate surface area is 417 Å². The zero-order chi connectivity index (χ0) is 52.1. The number of hydrogen-bond donors (Lipinski definition) is 5. The number of pyridine rings is 1. The van der Waals surface area contributed by atoms with Crippen LogP contribution in [0.15, 0.2) is 66.3 Å². The summed E-state index contributed by atoms with van der Waals surface area (Å²) in [6.45, 7) is 17.5. The second-order valence-corrected chi connectivity index (χ2v) is 21.6. The van der Waals surface area contributed by atoms with Gasteiger partial charge in [0.1, 0.15) is 36.6 Å². The Kier molecular flexibility index (Phi) is 16.9. The van der Waals surface area contributed by atoms with Crippen LogP contribution < -0.4 is 26.0 Å². The summed E-state index contributed by atoms with van der Waals surface area (Å²) < 4.78 is 52.4. The van der Waals surface area contributed by atoms with Crippen molar-refractivity contribution in [2.75, 3.05) is 31.6 Å². The summed E-state index contributed by atoms with van der Waals surface area (Å²) in [5.74, 6) is -1.73. The molecule has 4 aromatic rings. The van der Waals surface area contributed by atoms with Gasteiger partial charge in [-0.2, -0.15) is 18.4 Å². The van der Waals surface area contributed by atoms with Gasteiger partial charge in [-0.15, -0.1) is 11.3 Å². The second kappa shape index (κ2) is 22.1. The number of aliphatic hydroxyl groups excluding tert-OH is 1. The molecule has 71 heavy (non-hydrogen) atoms. The highest BCUT2D eigenvalue weighted by Gasteiger charge is 2.64. The first-order valence-corrected chi connectivity index (χ1v) is 24.7. The number of aliphatic hydroxyl groups is 1. The van der Waals surface area contributed by atoms with Gasteiger partial charge in [0.05, 0.1) is 40.0 Å². The molecule has 19 heteroatoms. The average Bonchev–Trinajstić information content (AvgIpc) is 3.94. The zero-order valence-electron chi connectivity index (χ0n) is 41.7. The summed E-state index contributed by atoms with van der Waals surface area (Å²) in [4.78, 5) is 64.6. The predicted octanol–water partition coefficient (Wildman–Crippen LogP) is 7.98. The van der Waals surface area contributed by atoms with E-state index in [2.05, 4.69) is 31.2 Å². The van der Waals surface area contributed by atoms with Crippen LogP contribution >= 0.6 is 11.3 Å². The van der Waals surface area contributed by atoms with Gasteiger partial charge in [0.2, 0.25) is 17.7 Å². The number of aryl methyl sites for hydroxylation is 1. The Bertz CT molecular complexity index is 2560. The van der Waals surface area contributed by atoms with Crippen LogP contribution in [0.5, 0.6) is 5.75 Å². The van der Waals surface area contributed by atoms with Gasteiger partial charge >= 0.3 is 6.18 Å². The van der Waals surface area contributed by atoms with Crippen molar-refractivity contribution in [3.05, 3.63) is 94.4 Å². The first-order chi connectivity index (χ1) is 33.3. The van der Waals surface area contributed by atoms with E-state index in [1.807, 2.05) is 86.6 Å². The number of alkyl halides is 3. The van der Waals surface area contributed by atoms with Crippen molar-refractivity contribution in [2.24, 2.45) is 16.2 Å². The van der Waals surface area contributed by atoms with E-state index in [-0.39, 0.29) is 49.2 Å². The first kappa shape index (κ1) is 54.2. The van der Waals surface area contributed by atoms with E-state index in [9.17, 15) is 37.5 Å². The second-order valence-electron chi connectivity index (χ2n) is 20.7. The maximum atomic E-state index is 14.1. The Balaban J connectivity index is 0.893. The van der Waals surface area contributed by atoms with Crippen LogP contribution in [-0.2, 0) is 25.3 Å². The van der Waals surface area contributed by atoms with E-state index in [1.54, 1.807) is 41.1 Å². The van der Waals surface area contributed by atoms with Crippen molar-refractivity contribution in [3.8, 4) is 22.3 Å². The van der Waals surface area contributed by atoms with Crippen LogP contribution in [0.2, 0.25) is 0 Å². The number of unbranched alkanes of at least 4 members (excludes halogenated alkanes) is 2. The van der Waals surface area contributed by atoms with Crippen molar-refractivity contribution < 1.29 is 46.9 Å². The van der Waals surface area contributed by atoms with Gasteiger partial charge in [-0.3, -0.25) is 19.2 Å². The molecule has 1 saturated carbocycles. The number of ether oxygens (including phenoxy) is 2. The molecule has 2 aromatic carbocycles. The molecule has 2 aliphatic rings. The van der Waals surface area contributed by atoms with E-state index >= 15 is 0 Å². The van der Waals surface area contributed by atoms with Gasteiger partial charge in [-0.05, 0) is 80.0 Å². The quantitative estimate of drug-likeness (QED) is 0.0569. The standard InChI is InChI=1S/C52H65F3N8O7S/c1-30(32-13-15-33(16-14-32)42-31(2)59-29-71-42)60-45(67)40-23-36(64)27-63(40)46(68)43(49(3,4)5)61-41(65)28-69-22-12-10-11-21-57-35-19-17-34(18-20-35)44(66)62-47-50(6,7)48(51(47,8)9)70-37-24-38(52(53,54)55)39(25-56)58-26-37/h13-20,24,26,29-30,36,40,43,47-48,57,64H,10-12,21-23,27-28H2,1-9H3,(H,60,67)(H,61,65)(H,62,66)/t30-,36+,40-,43?,47?,48?/m0/s1. The third-order valence-electron chi connectivity index (χ3n) is 13.4. The number of nitrogens with one attached hydrogen (secondary N) is 4. The third kappa shape index (κ3) is 12.9. The fourth-order valence-electron chi connectivity index (χ4n) is 9.83. The summed E-state index contributed by atoms with van der Waals surface area (Å²) in [6.07, 6.45) is -2.77. The predicted molar refractivity (Wildman–Crippen MR) is 263 cm³/mol. The topological polar surface area (TPSA) is 208 Å². The number of carbonyl (C=O) groups is 4. The van der Waals surface area contributed by atoms with Crippen LogP contribution in [0.4, 0.5) is 18.9 Å². The lowest BCUT2D eigenvalue weighted by Crippen LogP contribution is -2.74. The highest BCUT2D eigenvalue weighted by atomic mass is 32.1. The molecule has 1 saturated heterocycles. The number of nitrogens with zero attached hydrogens (tertiary/aromatic N) is 4. The van der Waals surface area contributed by atoms with Crippen molar-refractivity contribution in [1.29, 1.82) is 5.26 Å². The molecule has 0 radical (unpaired) electrons. The van der Waals surface area contributed by atoms with Gasteiger partial charge in [0, 0.05) is 54.2 Å². The Hall–Kier alpha value is -6.10. The molecule has 6 rings (SSSR count). The zero-order valence-corrected chi connectivity index (χ0v) is 42.5. The van der Waals surface area contributed by atoms with E-state index in [4.69, 9.17) is 14.7 Å². The molecule has 382 valence electrons. The molecular formula is C52H65F3N8O7S. The average molecular weight is 1000 g/mol. The Morgan fingerprint density at radius 3 is 2.25 bits per heavy atom. The van der Waals surface area contributed by atoms with E-state index < -0.39 is 69.8 Å². The summed E-state index contributed by atoms with van der Waals surface area (Å²) >= 11 is 1.56. The maximum Gasteiger partial charge on any atom is 0.419 e. The lowest BCUT2D eigenvalue weighted by atomic mass is 9.49. The van der Waals surface area contributed by atoms with E-state index in [0.29, 0.717) is 25.1 Å². The molecule has 0 spiro atoms. The first-order valence-electron chi connectivity index (χ1n) is 23.8. The number of thiazole rings is 1. The molecule has 4 amide bonds. The summed E-state index contributed by atoms with van der Waals surface area (Å²) in [7, 11) is 0. The summed E-state index contributed by atoms with van der Waals surface area (Å²) in [5.41, 5.74) is 1.98. The van der Waals surface area contributed by atoms with Crippen molar-refractivity contribution in [1.82, 2.24) is 30.8 Å². The molecule has 3 heterocycles. The molecule has 4 atom stereocenters. The normalized spacial score (nSPS) is 20.2. The molecule has 15 nitrogen and oxygen atoms in total. The molecule has 2 aromatic heterocycles. The molecule has 5 N–H and O–H groups in total. The van der Waals surface area contributed by atoms with E-state index in [1.165, 1.54) is 11.0 Å². The lowest BCUT2D eigenvalue weighted by molar-refractivity contribution is -0.165. The monoisotopic (exact) mass is 1000 g/mol. The van der Waals surface area contributed by atoms with Crippen LogP contribution in [0.1, 0.15) is 120 Å². The summed E-state index contributed by atoms with van der Waals surface area (Å²) in [6, 6.07) is 14.5. The molecule has 0 bridgehead atoms. The maximum absolute atomic E-state index is 14.1. The van der Waals surface area contributed by atoms with Crippen LogP contribution in [0, 0.1) is 34.5 Å². The number of carbonyl (C=O) groups excluding carboxylic acids is 4. The third-order valence-corrected chi connectivity index (χ3v) is 14.4. The number of amides is 4. The van der Waals surface area contributed by atoms with Crippen molar-refractivity contribution in [3.63, 3.8) is 0 Å². The Morgan fingerprint density at radius 1 is 0.972 bits per heavy atom. The van der Waals surface area contributed by atoms with Gasteiger partial charge in [-0.25, -0.2) is 9.97 Å². The number of aromatic nitrogens is 2. The smallest absolute Gasteiger partial charge is 0.419 e. The fraction of sp³-hybridized carbons (Fsp3) is 0.519. The molecular weight excluding hydrogens is 938 g/mol. The minimum Gasteiger partial charge on any atom is -0.488 e. The molecule has 1 aliphatic heterocycles. The molecule has 2 fully saturated rings. The van der Waals surface area contributed by atoms with E-state index in [0.717, 1.165) is 52.5 Å². The Morgan fingerprint density at radius 2 is 1.65 bits per heavy atom. The van der Waals surface area contributed by atoms with Crippen LogP contribution in [0.3, 0.4) is 0 Å². The lowest BCUT2D eigenvalue weighted by Gasteiger charge is -2.63. The number of nitriles is 1. The van der Waals surface area contributed by atoms with Crippen molar-refractivity contribution >= 4 is 40.7 Å². The van der Waals surface area contributed by atoms with Gasteiger partial charge < -0.3 is 40.7 Å². The highest BCUT2D eigenvalue weighted by molar-refractivity contribution is 7.13. The minimum atomic E-state index is -4.78. The number of benzene rings is 2. The van der Waals surface area contributed by atoms with Crippen molar-refractivity contribution in [2.45, 2.75) is 131 Å². The number of hydrogen-bond acceptors (Lipinski definition) is 12. The van der Waals surface area contributed by atoms with Crippen LogP contribution in [0.25, 0.3) is 10.4 Å². The number of β-amino-alcohol motifs (C(OH)–C–C–N with tert-alkyl or cyclic N) is 1. The fourth-order valence-corrected chi connectivity index (χ4v) is 10.6. The number of rotatable bonds is 19.